The van der Waals surface area contributed by atoms with E-state index in [1.165, 1.54) is 20.1 Å². The molecule has 0 aromatic heterocycles. The molecule has 0 fully saturated rings. The molecule has 0 aromatic carbocycles. The van der Waals surface area contributed by atoms with Gasteiger partial charge in [0.2, 0.25) is 0 Å². The minimum Gasteiger partial charge on any atom is -0.467 e. The summed E-state index contributed by atoms with van der Waals surface area (Å²) in [6.07, 6.45) is 1.68. The van der Waals surface area contributed by atoms with Crippen molar-refractivity contribution in [3.05, 3.63) is 12.7 Å². The van der Waals surface area contributed by atoms with Crippen LogP contribution in [0.4, 0.5) is 0 Å². The summed E-state index contributed by atoms with van der Waals surface area (Å²) in [6.45, 7) is 4.78. The number of aliphatic hydroxyl groups is 1. The smallest absolute Gasteiger partial charge is 0.337 e. The van der Waals surface area contributed by atoms with Crippen molar-refractivity contribution in [3.8, 4) is 0 Å². The second-order valence-corrected chi connectivity index (χ2v) is 2.26. The zero-order valence-electron chi connectivity index (χ0n) is 6.26. The zero-order chi connectivity index (χ0) is 8.20. The topological polar surface area (TPSA) is 46.5 Å². The van der Waals surface area contributed by atoms with Crippen LogP contribution in [0, 0.1) is 0 Å². The van der Waals surface area contributed by atoms with Crippen molar-refractivity contribution in [1.82, 2.24) is 0 Å². The van der Waals surface area contributed by atoms with Gasteiger partial charge in [0.15, 0.2) is 5.60 Å². The van der Waals surface area contributed by atoms with Gasteiger partial charge in [-0.05, 0) is 6.92 Å². The molecule has 0 aliphatic rings. The van der Waals surface area contributed by atoms with E-state index in [4.69, 9.17) is 0 Å². The molecular formula is C7H12O3. The van der Waals surface area contributed by atoms with Crippen LogP contribution in [0.15, 0.2) is 12.7 Å². The van der Waals surface area contributed by atoms with Crippen molar-refractivity contribution >= 4 is 5.97 Å². The highest BCUT2D eigenvalue weighted by Gasteiger charge is 2.29. The van der Waals surface area contributed by atoms with E-state index in [-0.39, 0.29) is 6.42 Å². The van der Waals surface area contributed by atoms with Crippen LogP contribution >= 0.6 is 0 Å². The van der Waals surface area contributed by atoms with Crippen LogP contribution in [-0.4, -0.2) is 23.8 Å². The molecule has 58 valence electrons. The molecule has 0 saturated heterocycles. The van der Waals surface area contributed by atoms with Crippen LogP contribution < -0.4 is 0 Å². The molecular weight excluding hydrogens is 132 g/mol. The van der Waals surface area contributed by atoms with Gasteiger partial charge < -0.3 is 9.84 Å². The molecule has 0 heterocycles. The Morgan fingerprint density at radius 2 is 2.40 bits per heavy atom. The molecule has 0 radical (unpaired) electrons. The van der Waals surface area contributed by atoms with Crippen LogP contribution in [0.25, 0.3) is 0 Å². The Balaban J connectivity index is 4.08. The first-order valence-electron chi connectivity index (χ1n) is 2.96. The lowest BCUT2D eigenvalue weighted by atomic mass is 10.0. The zero-order valence-corrected chi connectivity index (χ0v) is 6.26. The lowest BCUT2D eigenvalue weighted by Gasteiger charge is -2.17. The van der Waals surface area contributed by atoms with E-state index in [0.717, 1.165) is 0 Å². The lowest BCUT2D eigenvalue weighted by molar-refractivity contribution is -0.160. The van der Waals surface area contributed by atoms with E-state index in [1.54, 1.807) is 0 Å². The molecule has 0 aliphatic carbocycles. The van der Waals surface area contributed by atoms with E-state index >= 15 is 0 Å². The van der Waals surface area contributed by atoms with Gasteiger partial charge >= 0.3 is 5.97 Å². The van der Waals surface area contributed by atoms with Gasteiger partial charge in [-0.2, -0.15) is 0 Å². The third-order valence-electron chi connectivity index (χ3n) is 1.17. The van der Waals surface area contributed by atoms with Gasteiger partial charge in [-0.3, -0.25) is 0 Å². The fraction of sp³-hybridized carbons (Fsp3) is 0.571. The Bertz CT molecular complexity index is 138. The number of esters is 1. The van der Waals surface area contributed by atoms with E-state index in [2.05, 4.69) is 11.3 Å². The van der Waals surface area contributed by atoms with Crippen molar-refractivity contribution < 1.29 is 14.6 Å². The SMILES string of the molecule is C=CC[C@@](C)(O)C(=O)OC. The van der Waals surface area contributed by atoms with Crippen LogP contribution in [0.3, 0.4) is 0 Å². The van der Waals surface area contributed by atoms with Gasteiger partial charge in [-0.15, -0.1) is 6.58 Å². The van der Waals surface area contributed by atoms with Gasteiger partial charge in [0.1, 0.15) is 0 Å². The van der Waals surface area contributed by atoms with Crippen LogP contribution in [0.1, 0.15) is 13.3 Å². The standard InChI is InChI=1S/C7H12O3/c1-4-5-7(2,9)6(8)10-3/h4,9H,1,5H2,2-3H3/t7-/m1/s1. The van der Waals surface area contributed by atoms with Crippen molar-refractivity contribution in [3.63, 3.8) is 0 Å². The number of methoxy groups -OCH3 is 1. The first kappa shape index (κ1) is 9.17. The molecule has 0 saturated carbocycles. The number of carbonyl (C=O) groups is 1. The second kappa shape index (κ2) is 3.37. The molecule has 0 bridgehead atoms. The average molecular weight is 144 g/mol. The maximum absolute atomic E-state index is 10.7. The Kier molecular flexibility index (Phi) is 3.09. The summed E-state index contributed by atoms with van der Waals surface area (Å²) >= 11 is 0. The quantitative estimate of drug-likeness (QED) is 0.463. The summed E-state index contributed by atoms with van der Waals surface area (Å²) < 4.78 is 4.33. The second-order valence-electron chi connectivity index (χ2n) is 2.26. The van der Waals surface area contributed by atoms with E-state index in [0.29, 0.717) is 0 Å². The largest absolute Gasteiger partial charge is 0.467 e. The third-order valence-corrected chi connectivity index (χ3v) is 1.17. The van der Waals surface area contributed by atoms with Crippen molar-refractivity contribution in [2.45, 2.75) is 18.9 Å². The Morgan fingerprint density at radius 1 is 1.90 bits per heavy atom. The Hall–Kier alpha value is -0.830. The molecule has 1 atom stereocenters. The van der Waals surface area contributed by atoms with Crippen LogP contribution in [-0.2, 0) is 9.53 Å². The molecule has 1 N–H and O–H groups in total. The summed E-state index contributed by atoms with van der Waals surface area (Å²) in [6, 6.07) is 0. The predicted octanol–water partition coefficient (Wildman–Crippen LogP) is 0.486. The van der Waals surface area contributed by atoms with Gasteiger partial charge in [-0.1, -0.05) is 6.08 Å². The van der Waals surface area contributed by atoms with Crippen molar-refractivity contribution in [2.75, 3.05) is 7.11 Å². The lowest BCUT2D eigenvalue weighted by Crippen LogP contribution is -2.35. The molecule has 0 spiro atoms. The molecule has 0 rings (SSSR count). The van der Waals surface area contributed by atoms with Gasteiger partial charge in [-0.25, -0.2) is 4.79 Å². The first-order valence-corrected chi connectivity index (χ1v) is 2.96. The number of ether oxygens (including phenoxy) is 1. The average Bonchev–Trinajstić information content (AvgIpc) is 1.86. The molecule has 0 aliphatic heterocycles. The molecule has 0 amide bonds. The summed E-state index contributed by atoms with van der Waals surface area (Å²) in [4.78, 5) is 10.7. The summed E-state index contributed by atoms with van der Waals surface area (Å²) in [5.74, 6) is -0.632. The summed E-state index contributed by atoms with van der Waals surface area (Å²) in [5.41, 5.74) is -1.42. The highest BCUT2D eigenvalue weighted by Crippen LogP contribution is 2.10. The fourth-order valence-electron chi connectivity index (χ4n) is 0.584. The maximum atomic E-state index is 10.7. The number of hydrogen-bond acceptors (Lipinski definition) is 3. The maximum Gasteiger partial charge on any atom is 0.337 e. The fourth-order valence-corrected chi connectivity index (χ4v) is 0.584. The number of rotatable bonds is 3. The Morgan fingerprint density at radius 3 is 2.70 bits per heavy atom. The molecule has 10 heavy (non-hydrogen) atoms. The number of hydrogen-bond donors (Lipinski definition) is 1. The van der Waals surface area contributed by atoms with Crippen LogP contribution in [0.2, 0.25) is 0 Å². The minimum absolute atomic E-state index is 0.208. The molecule has 0 aromatic rings. The van der Waals surface area contributed by atoms with Crippen molar-refractivity contribution in [1.29, 1.82) is 0 Å². The monoisotopic (exact) mass is 144 g/mol. The minimum atomic E-state index is -1.42. The number of carbonyl (C=O) groups excluding carboxylic acids is 1. The predicted molar refractivity (Wildman–Crippen MR) is 37.5 cm³/mol. The molecule has 3 nitrogen and oxygen atoms in total. The van der Waals surface area contributed by atoms with Gasteiger partial charge in [0.25, 0.3) is 0 Å². The van der Waals surface area contributed by atoms with Crippen molar-refractivity contribution in [2.24, 2.45) is 0 Å². The van der Waals surface area contributed by atoms with E-state index < -0.39 is 11.6 Å². The molecule has 0 unspecified atom stereocenters. The first-order chi connectivity index (χ1) is 4.54. The summed E-state index contributed by atoms with van der Waals surface area (Å²) in [7, 11) is 1.24. The van der Waals surface area contributed by atoms with Gasteiger partial charge in [0, 0.05) is 6.42 Å². The summed E-state index contributed by atoms with van der Waals surface area (Å²) in [5, 5.41) is 9.24. The highest BCUT2D eigenvalue weighted by molar-refractivity contribution is 5.78. The van der Waals surface area contributed by atoms with E-state index in [1.807, 2.05) is 0 Å². The van der Waals surface area contributed by atoms with E-state index in [9.17, 15) is 9.90 Å². The third kappa shape index (κ3) is 2.19. The van der Waals surface area contributed by atoms with Crippen LogP contribution in [0.5, 0.6) is 0 Å². The molecule has 3 heteroatoms. The van der Waals surface area contributed by atoms with Gasteiger partial charge in [0.05, 0.1) is 7.11 Å². The highest BCUT2D eigenvalue weighted by atomic mass is 16.5. The normalized spacial score (nSPS) is 15.5. The Labute approximate surface area is 60.3 Å².